The average Bonchev–Trinajstić information content (AvgIpc) is 2.14. The lowest BCUT2D eigenvalue weighted by atomic mass is 10.3. The van der Waals surface area contributed by atoms with Gasteiger partial charge in [-0.05, 0) is 25.1 Å². The summed E-state index contributed by atoms with van der Waals surface area (Å²) < 4.78 is 17.6. The summed E-state index contributed by atoms with van der Waals surface area (Å²) in [6.07, 6.45) is 0. The van der Waals surface area contributed by atoms with E-state index in [2.05, 4.69) is 0 Å². The first kappa shape index (κ1) is 11.8. The molecule has 82 valence electrons. The maximum absolute atomic E-state index is 12.9. The van der Waals surface area contributed by atoms with Crippen molar-refractivity contribution >= 4 is 23.4 Å². The van der Waals surface area contributed by atoms with E-state index in [4.69, 9.17) is 10.5 Å². The molecule has 0 amide bonds. The third kappa shape index (κ3) is 4.20. The fraction of sp³-hybridized carbons (Fsp3) is 0.300. The molecule has 0 fully saturated rings. The molecule has 5 heteroatoms. The van der Waals surface area contributed by atoms with E-state index in [1.807, 2.05) is 0 Å². The van der Waals surface area contributed by atoms with Gasteiger partial charge in [-0.1, -0.05) is 0 Å². The van der Waals surface area contributed by atoms with E-state index in [9.17, 15) is 9.18 Å². The molecule has 1 aromatic carbocycles. The van der Waals surface area contributed by atoms with Crippen molar-refractivity contribution < 1.29 is 13.9 Å². The third-order valence-corrected chi connectivity index (χ3v) is 2.50. The standard InChI is InChI=1S/C10H12FNO2S/c1-2-14-10(13)6-15-9-4-7(11)3-8(12)5-9/h3-5H,2,6,12H2,1H3. The summed E-state index contributed by atoms with van der Waals surface area (Å²) in [4.78, 5) is 11.6. The number of rotatable bonds is 4. The number of carbonyl (C=O) groups is 1. The largest absolute Gasteiger partial charge is 0.465 e. The quantitative estimate of drug-likeness (QED) is 0.488. The molecule has 0 heterocycles. The van der Waals surface area contributed by atoms with Gasteiger partial charge >= 0.3 is 5.97 Å². The molecule has 0 aromatic heterocycles. The number of nitrogens with two attached hydrogens (primary N) is 1. The van der Waals surface area contributed by atoms with Crippen molar-refractivity contribution in [3.63, 3.8) is 0 Å². The van der Waals surface area contributed by atoms with Crippen LogP contribution < -0.4 is 5.73 Å². The van der Waals surface area contributed by atoms with Crippen molar-refractivity contribution in [2.75, 3.05) is 18.1 Å². The van der Waals surface area contributed by atoms with E-state index in [0.717, 1.165) is 0 Å². The van der Waals surface area contributed by atoms with Crippen molar-refractivity contribution in [1.29, 1.82) is 0 Å². The zero-order valence-corrected chi connectivity index (χ0v) is 9.14. The summed E-state index contributed by atoms with van der Waals surface area (Å²) in [5, 5.41) is 0. The summed E-state index contributed by atoms with van der Waals surface area (Å²) in [7, 11) is 0. The van der Waals surface area contributed by atoms with Gasteiger partial charge in [0.15, 0.2) is 0 Å². The van der Waals surface area contributed by atoms with Crippen LogP contribution in [-0.4, -0.2) is 18.3 Å². The van der Waals surface area contributed by atoms with Gasteiger partial charge in [0.25, 0.3) is 0 Å². The summed E-state index contributed by atoms with van der Waals surface area (Å²) in [5.74, 6) is -0.553. The zero-order valence-electron chi connectivity index (χ0n) is 8.33. The molecule has 0 aliphatic heterocycles. The van der Waals surface area contributed by atoms with E-state index >= 15 is 0 Å². The number of halogens is 1. The van der Waals surface area contributed by atoms with Crippen LogP contribution in [0.15, 0.2) is 23.1 Å². The maximum atomic E-state index is 12.9. The summed E-state index contributed by atoms with van der Waals surface area (Å²) in [5.41, 5.74) is 5.80. The van der Waals surface area contributed by atoms with Crippen LogP contribution in [0.2, 0.25) is 0 Å². The molecule has 0 saturated carbocycles. The highest BCUT2D eigenvalue weighted by Gasteiger charge is 2.04. The minimum absolute atomic E-state index is 0.163. The monoisotopic (exact) mass is 229 g/mol. The number of ether oxygens (including phenoxy) is 1. The van der Waals surface area contributed by atoms with Crippen LogP contribution in [0.3, 0.4) is 0 Å². The highest BCUT2D eigenvalue weighted by molar-refractivity contribution is 8.00. The molecule has 0 aliphatic carbocycles. The Morgan fingerprint density at radius 1 is 1.53 bits per heavy atom. The van der Waals surface area contributed by atoms with E-state index in [0.29, 0.717) is 17.2 Å². The minimum Gasteiger partial charge on any atom is -0.465 e. The lowest BCUT2D eigenvalue weighted by Crippen LogP contribution is -2.06. The van der Waals surface area contributed by atoms with Gasteiger partial charge in [-0.15, -0.1) is 11.8 Å². The smallest absolute Gasteiger partial charge is 0.316 e. The van der Waals surface area contributed by atoms with Crippen LogP contribution in [0.4, 0.5) is 10.1 Å². The number of hydrogen-bond acceptors (Lipinski definition) is 4. The molecule has 0 radical (unpaired) electrons. The van der Waals surface area contributed by atoms with Crippen molar-refractivity contribution in [1.82, 2.24) is 0 Å². The second-order valence-electron chi connectivity index (χ2n) is 2.81. The molecular formula is C10H12FNO2S. The number of benzene rings is 1. The molecule has 0 aliphatic rings. The third-order valence-electron chi connectivity index (χ3n) is 1.56. The van der Waals surface area contributed by atoms with Crippen molar-refractivity contribution in [2.45, 2.75) is 11.8 Å². The van der Waals surface area contributed by atoms with Crippen LogP contribution in [0.25, 0.3) is 0 Å². The highest BCUT2D eigenvalue weighted by atomic mass is 32.2. The Morgan fingerprint density at radius 3 is 2.87 bits per heavy atom. The maximum Gasteiger partial charge on any atom is 0.316 e. The second-order valence-corrected chi connectivity index (χ2v) is 3.86. The normalized spacial score (nSPS) is 10.0. The molecule has 1 aromatic rings. The first-order valence-corrected chi connectivity index (χ1v) is 5.45. The number of carbonyl (C=O) groups excluding carboxylic acids is 1. The molecule has 1 rings (SSSR count). The highest BCUT2D eigenvalue weighted by Crippen LogP contribution is 2.22. The van der Waals surface area contributed by atoms with Crippen LogP contribution in [0, 0.1) is 5.82 Å². The Labute approximate surface area is 91.8 Å². The lowest BCUT2D eigenvalue weighted by molar-refractivity contribution is -0.139. The van der Waals surface area contributed by atoms with Crippen LogP contribution in [0.5, 0.6) is 0 Å². The minimum atomic E-state index is -0.402. The predicted molar refractivity (Wildman–Crippen MR) is 58.2 cm³/mol. The number of anilines is 1. The molecule has 0 atom stereocenters. The topological polar surface area (TPSA) is 52.3 Å². The first-order valence-electron chi connectivity index (χ1n) is 4.46. The van der Waals surface area contributed by atoms with Gasteiger partial charge in [0.2, 0.25) is 0 Å². The van der Waals surface area contributed by atoms with Crippen LogP contribution >= 0.6 is 11.8 Å². The lowest BCUT2D eigenvalue weighted by Gasteiger charge is -2.03. The van der Waals surface area contributed by atoms with E-state index < -0.39 is 5.82 Å². The Kier molecular flexibility index (Phi) is 4.42. The van der Waals surface area contributed by atoms with Crippen LogP contribution in [-0.2, 0) is 9.53 Å². The van der Waals surface area contributed by atoms with Gasteiger partial charge in [-0.25, -0.2) is 4.39 Å². The molecule has 0 bridgehead atoms. The first-order chi connectivity index (χ1) is 7.11. The van der Waals surface area contributed by atoms with Gasteiger partial charge in [0.1, 0.15) is 5.82 Å². The van der Waals surface area contributed by atoms with Crippen molar-refractivity contribution in [2.24, 2.45) is 0 Å². The van der Waals surface area contributed by atoms with Crippen LogP contribution in [0.1, 0.15) is 6.92 Å². The SMILES string of the molecule is CCOC(=O)CSc1cc(N)cc(F)c1. The molecule has 0 saturated heterocycles. The van der Waals surface area contributed by atoms with Gasteiger partial charge in [-0.3, -0.25) is 4.79 Å². The Hall–Kier alpha value is -1.23. The van der Waals surface area contributed by atoms with Gasteiger partial charge < -0.3 is 10.5 Å². The molecule has 0 unspecified atom stereocenters. The number of nitrogen functional groups attached to an aromatic ring is 1. The number of esters is 1. The molecule has 15 heavy (non-hydrogen) atoms. The number of hydrogen-bond donors (Lipinski definition) is 1. The summed E-state index contributed by atoms with van der Waals surface area (Å²) >= 11 is 1.20. The van der Waals surface area contributed by atoms with Crippen molar-refractivity contribution in [3.05, 3.63) is 24.0 Å². The Morgan fingerprint density at radius 2 is 2.27 bits per heavy atom. The summed E-state index contributed by atoms with van der Waals surface area (Å²) in [6, 6.07) is 4.18. The Balaban J connectivity index is 2.54. The van der Waals surface area contributed by atoms with Gasteiger partial charge in [-0.2, -0.15) is 0 Å². The van der Waals surface area contributed by atoms with Gasteiger partial charge in [0, 0.05) is 10.6 Å². The van der Waals surface area contributed by atoms with Crippen molar-refractivity contribution in [3.8, 4) is 0 Å². The summed E-state index contributed by atoms with van der Waals surface area (Å²) in [6.45, 7) is 2.09. The second kappa shape index (κ2) is 5.60. The molecule has 2 N–H and O–H groups in total. The van der Waals surface area contributed by atoms with E-state index in [1.165, 1.54) is 23.9 Å². The average molecular weight is 229 g/mol. The molecule has 3 nitrogen and oxygen atoms in total. The van der Waals surface area contributed by atoms with Gasteiger partial charge in [0.05, 0.1) is 12.4 Å². The number of thioether (sulfide) groups is 1. The fourth-order valence-electron chi connectivity index (χ4n) is 1.01. The zero-order chi connectivity index (χ0) is 11.3. The molecule has 0 spiro atoms. The Bertz CT molecular complexity index is 337. The van der Waals surface area contributed by atoms with E-state index in [-0.39, 0.29) is 11.7 Å². The van der Waals surface area contributed by atoms with E-state index in [1.54, 1.807) is 13.0 Å². The fourth-order valence-corrected chi connectivity index (χ4v) is 1.80. The molecular weight excluding hydrogens is 217 g/mol. The predicted octanol–water partition coefficient (Wildman–Crippen LogP) is 2.06.